The van der Waals surface area contributed by atoms with E-state index in [1.807, 2.05) is 6.92 Å². The van der Waals surface area contributed by atoms with Crippen LogP contribution in [-0.2, 0) is 29.0 Å². The van der Waals surface area contributed by atoms with Gasteiger partial charge in [-0.3, -0.25) is 0 Å². The lowest BCUT2D eigenvalue weighted by molar-refractivity contribution is -0.188. The molecule has 1 aromatic carbocycles. The van der Waals surface area contributed by atoms with Crippen molar-refractivity contribution in [1.82, 2.24) is 4.31 Å². The van der Waals surface area contributed by atoms with Crippen LogP contribution in [0.25, 0.3) is 0 Å². The first kappa shape index (κ1) is 23.1. The van der Waals surface area contributed by atoms with Crippen LogP contribution in [0.15, 0.2) is 29.2 Å². The molecular weight excluding hydrogens is 410 g/mol. The van der Waals surface area contributed by atoms with Gasteiger partial charge < -0.3 is 19.3 Å². The number of nitrogens with zero attached hydrogens (tertiary/aromatic N) is 1. The third-order valence-corrected chi connectivity index (χ3v) is 7.37. The van der Waals surface area contributed by atoms with Gasteiger partial charge in [0.05, 0.1) is 4.90 Å². The van der Waals surface area contributed by atoms with Gasteiger partial charge in [0, 0.05) is 6.54 Å². The number of fused-ring (bicyclic) bond motifs is 1. The molecule has 0 aromatic heterocycles. The molecule has 4 atom stereocenters. The lowest BCUT2D eigenvalue weighted by Gasteiger charge is -2.48. The molecule has 0 bridgehead atoms. The summed E-state index contributed by atoms with van der Waals surface area (Å²) >= 11 is 0. The van der Waals surface area contributed by atoms with Crippen LogP contribution in [-0.4, -0.2) is 65.6 Å². The summed E-state index contributed by atoms with van der Waals surface area (Å²) in [6.45, 7) is 11.5. The maximum atomic E-state index is 13.6. The number of aryl methyl sites for hydroxylation is 1. The smallest absolute Gasteiger partial charge is 0.330 e. The number of carbonyl (C=O) groups is 1. The maximum Gasteiger partial charge on any atom is 0.330 e. The van der Waals surface area contributed by atoms with E-state index in [0.717, 1.165) is 9.87 Å². The number of hydrogen-bond acceptors (Lipinski definition) is 7. The average molecular weight is 442 g/mol. The zero-order chi connectivity index (χ0) is 22.7. The molecule has 2 saturated heterocycles. The number of sulfonamides is 1. The van der Waals surface area contributed by atoms with Crippen molar-refractivity contribution in [3.63, 3.8) is 0 Å². The second kappa shape index (κ2) is 7.27. The molecule has 0 amide bonds. The van der Waals surface area contributed by atoms with Gasteiger partial charge in [-0.15, -0.1) is 0 Å². The minimum atomic E-state index is -4.16. The lowest BCUT2D eigenvalue weighted by Crippen LogP contribution is -2.72. The molecule has 0 spiro atoms. The topological polar surface area (TPSA) is 102 Å². The minimum absolute atomic E-state index is 0.0201. The Hall–Kier alpha value is -1.52. The first-order chi connectivity index (χ1) is 13.6. The Labute approximate surface area is 178 Å². The highest BCUT2D eigenvalue weighted by atomic mass is 32.2. The predicted octanol–water partition coefficient (Wildman–Crippen LogP) is 1.98. The second-order valence-electron chi connectivity index (χ2n) is 9.58. The lowest BCUT2D eigenvalue weighted by atomic mass is 9.84. The summed E-state index contributed by atoms with van der Waals surface area (Å²) in [6.07, 6.45) is -3.10. The first-order valence-corrected chi connectivity index (χ1v) is 11.4. The fourth-order valence-electron chi connectivity index (χ4n) is 3.88. The summed E-state index contributed by atoms with van der Waals surface area (Å²) in [4.78, 5) is 13.3. The van der Waals surface area contributed by atoms with Crippen molar-refractivity contribution in [3.05, 3.63) is 29.8 Å². The number of aliphatic hydroxyl groups is 1. The second-order valence-corrected chi connectivity index (χ2v) is 11.4. The zero-order valence-electron chi connectivity index (χ0n) is 18.5. The van der Waals surface area contributed by atoms with E-state index < -0.39 is 51.2 Å². The third kappa shape index (κ3) is 4.01. The summed E-state index contributed by atoms with van der Waals surface area (Å²) in [5.74, 6) is -1.86. The summed E-state index contributed by atoms with van der Waals surface area (Å²) in [5.41, 5.74) is -1.87. The molecule has 1 N–H and O–H groups in total. The number of piperidine rings is 1. The third-order valence-electron chi connectivity index (χ3n) is 5.39. The SMILES string of the molecule is Cc1ccc(S(=O)(=O)N2C[C@@H]3OC(C)(C)O[C@H]3[C@@H](O)[C@@]2(C)C(=O)OC(C)(C)C)cc1. The van der Waals surface area contributed by atoms with Crippen LogP contribution in [0.3, 0.4) is 0 Å². The van der Waals surface area contributed by atoms with Crippen molar-refractivity contribution < 1.29 is 32.5 Å². The number of rotatable bonds is 3. The quantitative estimate of drug-likeness (QED) is 0.716. The molecule has 1 aromatic rings. The molecule has 30 heavy (non-hydrogen) atoms. The highest BCUT2D eigenvalue weighted by molar-refractivity contribution is 7.89. The monoisotopic (exact) mass is 441 g/mol. The average Bonchev–Trinajstić information content (AvgIpc) is 2.91. The standard InChI is InChI=1S/C21H31NO7S/c1-13-8-10-14(11-9-13)30(25,26)22-12-15-16(28-20(5,6)27-15)17(23)21(22,7)18(24)29-19(2,3)4/h8-11,15-17,23H,12H2,1-7H3/t15-,16+,17+,21-/m0/s1. The van der Waals surface area contributed by atoms with Crippen molar-refractivity contribution in [3.8, 4) is 0 Å². The van der Waals surface area contributed by atoms with E-state index in [1.165, 1.54) is 19.1 Å². The molecule has 0 radical (unpaired) electrons. The van der Waals surface area contributed by atoms with E-state index in [9.17, 15) is 18.3 Å². The Bertz CT molecular complexity index is 920. The number of hydrogen-bond donors (Lipinski definition) is 1. The van der Waals surface area contributed by atoms with Gasteiger partial charge in [0.15, 0.2) is 11.3 Å². The number of carbonyl (C=O) groups excluding carboxylic acids is 1. The molecule has 8 nitrogen and oxygen atoms in total. The molecule has 168 valence electrons. The van der Waals surface area contributed by atoms with Gasteiger partial charge in [-0.1, -0.05) is 17.7 Å². The largest absolute Gasteiger partial charge is 0.458 e. The molecule has 0 aliphatic carbocycles. The van der Waals surface area contributed by atoms with Crippen LogP contribution in [0.2, 0.25) is 0 Å². The number of aliphatic hydroxyl groups excluding tert-OH is 1. The summed E-state index contributed by atoms with van der Waals surface area (Å²) < 4.78 is 45.4. The predicted molar refractivity (Wildman–Crippen MR) is 109 cm³/mol. The van der Waals surface area contributed by atoms with Crippen molar-refractivity contribution in [2.75, 3.05) is 6.54 Å². The van der Waals surface area contributed by atoms with E-state index in [0.29, 0.717) is 0 Å². The van der Waals surface area contributed by atoms with E-state index in [2.05, 4.69) is 0 Å². The van der Waals surface area contributed by atoms with Crippen LogP contribution < -0.4 is 0 Å². The van der Waals surface area contributed by atoms with Gasteiger partial charge in [0.2, 0.25) is 10.0 Å². The molecule has 2 heterocycles. The van der Waals surface area contributed by atoms with Crippen LogP contribution in [0.4, 0.5) is 0 Å². The van der Waals surface area contributed by atoms with Crippen LogP contribution in [0.1, 0.15) is 47.1 Å². The molecular formula is C21H31NO7S. The van der Waals surface area contributed by atoms with Gasteiger partial charge in [0.1, 0.15) is 23.9 Å². The summed E-state index contributed by atoms with van der Waals surface area (Å²) in [7, 11) is -4.16. The first-order valence-electron chi connectivity index (χ1n) is 9.95. The fraction of sp³-hybridized carbons (Fsp3) is 0.667. The van der Waals surface area contributed by atoms with Gasteiger partial charge in [-0.25, -0.2) is 13.2 Å². The van der Waals surface area contributed by atoms with E-state index in [4.69, 9.17) is 14.2 Å². The van der Waals surface area contributed by atoms with Crippen LogP contribution in [0.5, 0.6) is 0 Å². The van der Waals surface area contributed by atoms with Crippen LogP contribution in [0, 0.1) is 6.92 Å². The van der Waals surface area contributed by atoms with Crippen molar-refractivity contribution in [2.45, 2.75) is 88.6 Å². The Morgan fingerprint density at radius 1 is 1.17 bits per heavy atom. The summed E-state index contributed by atoms with van der Waals surface area (Å²) in [6, 6.07) is 6.32. The van der Waals surface area contributed by atoms with Gasteiger partial charge in [-0.05, 0) is 60.6 Å². The van der Waals surface area contributed by atoms with Crippen LogP contribution >= 0.6 is 0 Å². The Balaban J connectivity index is 2.11. The zero-order valence-corrected chi connectivity index (χ0v) is 19.3. The van der Waals surface area contributed by atoms with Gasteiger partial charge in [-0.2, -0.15) is 4.31 Å². The van der Waals surface area contributed by atoms with Crippen molar-refractivity contribution >= 4 is 16.0 Å². The highest BCUT2D eigenvalue weighted by Crippen LogP contribution is 2.43. The summed E-state index contributed by atoms with van der Waals surface area (Å²) in [5, 5.41) is 11.2. The molecule has 3 rings (SSSR count). The maximum absolute atomic E-state index is 13.6. The van der Waals surface area contributed by atoms with Gasteiger partial charge >= 0.3 is 5.97 Å². The van der Waals surface area contributed by atoms with E-state index in [1.54, 1.807) is 46.8 Å². The van der Waals surface area contributed by atoms with E-state index in [-0.39, 0.29) is 11.4 Å². The van der Waals surface area contributed by atoms with Crippen molar-refractivity contribution in [2.24, 2.45) is 0 Å². The fourth-order valence-corrected chi connectivity index (χ4v) is 5.64. The van der Waals surface area contributed by atoms with Crippen molar-refractivity contribution in [1.29, 1.82) is 0 Å². The molecule has 0 saturated carbocycles. The molecule has 2 fully saturated rings. The molecule has 2 aliphatic rings. The Morgan fingerprint density at radius 2 is 1.73 bits per heavy atom. The number of ether oxygens (including phenoxy) is 3. The molecule has 0 unspecified atom stereocenters. The highest BCUT2D eigenvalue weighted by Gasteiger charge is 2.64. The molecule has 9 heteroatoms. The Kier molecular flexibility index (Phi) is 5.61. The number of benzene rings is 1. The normalized spacial score (nSPS) is 31.9. The minimum Gasteiger partial charge on any atom is -0.458 e. The Morgan fingerprint density at radius 3 is 2.27 bits per heavy atom. The number of esters is 1. The molecule has 2 aliphatic heterocycles. The van der Waals surface area contributed by atoms with Gasteiger partial charge in [0.25, 0.3) is 0 Å². The van der Waals surface area contributed by atoms with E-state index >= 15 is 0 Å².